The minimum atomic E-state index is -0.401. The molecule has 4 rings (SSSR count). The molecular formula is C26H22FN5O2. The van der Waals surface area contributed by atoms with Crippen LogP contribution in [0.1, 0.15) is 45.6 Å². The summed E-state index contributed by atoms with van der Waals surface area (Å²) in [5, 5.41) is 18.0. The number of fused-ring (bicyclic) bond motifs is 1. The Balaban J connectivity index is 1.44. The SMILES string of the molecule is C[C@H](NC(=O)c1cc(C#N)cnc1NCC=Cc1ccc2c(c1)NC(=O)C2)c1ccc(F)cc1. The summed E-state index contributed by atoms with van der Waals surface area (Å²) < 4.78 is 13.2. The van der Waals surface area contributed by atoms with Crippen molar-refractivity contribution in [1.29, 1.82) is 5.26 Å². The Labute approximate surface area is 196 Å². The zero-order valence-corrected chi connectivity index (χ0v) is 18.4. The highest BCUT2D eigenvalue weighted by atomic mass is 19.1. The number of carbonyl (C=O) groups is 2. The lowest BCUT2D eigenvalue weighted by Gasteiger charge is -2.16. The predicted octanol–water partition coefficient (Wildman–Crippen LogP) is 4.20. The molecule has 1 atom stereocenters. The molecule has 170 valence electrons. The van der Waals surface area contributed by atoms with Crippen molar-refractivity contribution in [3.63, 3.8) is 0 Å². The molecule has 1 aliphatic heterocycles. The number of rotatable bonds is 7. The van der Waals surface area contributed by atoms with E-state index >= 15 is 0 Å². The minimum absolute atomic E-state index is 0.00996. The van der Waals surface area contributed by atoms with Gasteiger partial charge in [-0.15, -0.1) is 0 Å². The maximum atomic E-state index is 13.2. The molecule has 7 nitrogen and oxygen atoms in total. The van der Waals surface area contributed by atoms with Crippen LogP contribution in [0.5, 0.6) is 0 Å². The number of hydrogen-bond donors (Lipinski definition) is 3. The smallest absolute Gasteiger partial charge is 0.255 e. The van der Waals surface area contributed by atoms with Gasteiger partial charge in [-0.2, -0.15) is 5.26 Å². The fraction of sp³-hybridized carbons (Fsp3) is 0.154. The first kappa shape index (κ1) is 22.7. The summed E-state index contributed by atoms with van der Waals surface area (Å²) in [4.78, 5) is 28.7. The zero-order chi connectivity index (χ0) is 24.1. The van der Waals surface area contributed by atoms with E-state index in [2.05, 4.69) is 20.9 Å². The number of hydrogen-bond acceptors (Lipinski definition) is 5. The largest absolute Gasteiger partial charge is 0.366 e. The zero-order valence-electron chi connectivity index (χ0n) is 18.4. The third-order valence-electron chi connectivity index (χ3n) is 5.44. The molecule has 1 aliphatic rings. The third kappa shape index (κ3) is 5.27. The van der Waals surface area contributed by atoms with Crippen molar-refractivity contribution in [1.82, 2.24) is 10.3 Å². The van der Waals surface area contributed by atoms with Crippen molar-refractivity contribution in [2.24, 2.45) is 0 Å². The van der Waals surface area contributed by atoms with Crippen molar-refractivity contribution >= 4 is 29.4 Å². The average Bonchev–Trinajstić information content (AvgIpc) is 3.21. The summed E-state index contributed by atoms with van der Waals surface area (Å²) in [6.07, 6.45) is 5.57. The van der Waals surface area contributed by atoms with E-state index in [1.807, 2.05) is 36.4 Å². The first-order valence-corrected chi connectivity index (χ1v) is 10.7. The third-order valence-corrected chi connectivity index (χ3v) is 5.44. The van der Waals surface area contributed by atoms with E-state index in [1.54, 1.807) is 19.1 Å². The number of benzene rings is 2. The molecule has 2 amide bonds. The Kier molecular flexibility index (Phi) is 6.64. The van der Waals surface area contributed by atoms with Gasteiger partial charge in [-0.1, -0.05) is 36.4 Å². The lowest BCUT2D eigenvalue weighted by molar-refractivity contribution is -0.115. The quantitative estimate of drug-likeness (QED) is 0.495. The Hall–Kier alpha value is -4.51. The van der Waals surface area contributed by atoms with Gasteiger partial charge in [0.1, 0.15) is 17.7 Å². The average molecular weight is 455 g/mol. The van der Waals surface area contributed by atoms with Gasteiger partial charge in [0.15, 0.2) is 0 Å². The van der Waals surface area contributed by atoms with Gasteiger partial charge in [-0.05, 0) is 47.9 Å². The van der Waals surface area contributed by atoms with Gasteiger partial charge in [0.25, 0.3) is 5.91 Å². The van der Waals surface area contributed by atoms with E-state index in [1.165, 1.54) is 24.4 Å². The molecule has 2 aromatic carbocycles. The summed E-state index contributed by atoms with van der Waals surface area (Å²) in [5.41, 5.74) is 3.99. The van der Waals surface area contributed by atoms with Crippen LogP contribution in [-0.2, 0) is 11.2 Å². The monoisotopic (exact) mass is 455 g/mol. The molecule has 0 saturated heterocycles. The van der Waals surface area contributed by atoms with Gasteiger partial charge >= 0.3 is 0 Å². The second-order valence-corrected chi connectivity index (χ2v) is 7.90. The van der Waals surface area contributed by atoms with Crippen LogP contribution in [-0.4, -0.2) is 23.3 Å². The van der Waals surface area contributed by atoms with Crippen molar-refractivity contribution in [2.75, 3.05) is 17.2 Å². The van der Waals surface area contributed by atoms with E-state index in [-0.39, 0.29) is 28.9 Å². The molecule has 0 unspecified atom stereocenters. The molecule has 8 heteroatoms. The molecule has 0 aliphatic carbocycles. The maximum Gasteiger partial charge on any atom is 0.255 e. The second-order valence-electron chi connectivity index (χ2n) is 7.90. The molecule has 0 saturated carbocycles. The van der Waals surface area contributed by atoms with Gasteiger partial charge in [-0.25, -0.2) is 9.37 Å². The Morgan fingerprint density at radius 2 is 2.06 bits per heavy atom. The van der Waals surface area contributed by atoms with Crippen molar-refractivity contribution in [3.8, 4) is 6.07 Å². The van der Waals surface area contributed by atoms with E-state index in [0.29, 0.717) is 18.8 Å². The number of nitrogens with zero attached hydrogens (tertiary/aromatic N) is 2. The fourth-order valence-corrected chi connectivity index (χ4v) is 3.64. The lowest BCUT2D eigenvalue weighted by Crippen LogP contribution is -2.28. The van der Waals surface area contributed by atoms with Crippen LogP contribution in [0, 0.1) is 17.1 Å². The Morgan fingerprint density at radius 1 is 1.26 bits per heavy atom. The van der Waals surface area contributed by atoms with Crippen LogP contribution in [0.3, 0.4) is 0 Å². The van der Waals surface area contributed by atoms with E-state index in [4.69, 9.17) is 0 Å². The molecule has 3 N–H and O–H groups in total. The molecule has 2 heterocycles. The highest BCUT2D eigenvalue weighted by molar-refractivity contribution is 6.00. The number of carbonyl (C=O) groups excluding carboxylic acids is 2. The molecule has 34 heavy (non-hydrogen) atoms. The van der Waals surface area contributed by atoms with Crippen LogP contribution >= 0.6 is 0 Å². The molecule has 3 aromatic rings. The molecule has 0 radical (unpaired) electrons. The Morgan fingerprint density at radius 3 is 2.82 bits per heavy atom. The van der Waals surface area contributed by atoms with Crippen LogP contribution < -0.4 is 16.0 Å². The van der Waals surface area contributed by atoms with Gasteiger partial charge in [0.05, 0.1) is 23.6 Å². The number of nitriles is 1. The van der Waals surface area contributed by atoms with E-state index < -0.39 is 5.91 Å². The molecule has 0 fully saturated rings. The number of nitrogens with one attached hydrogen (secondary N) is 3. The molecule has 0 spiro atoms. The van der Waals surface area contributed by atoms with Crippen molar-refractivity contribution in [2.45, 2.75) is 19.4 Å². The number of pyridine rings is 1. The summed E-state index contributed by atoms with van der Waals surface area (Å²) in [7, 11) is 0. The summed E-state index contributed by atoms with van der Waals surface area (Å²) in [5.74, 6) is -0.419. The topological polar surface area (TPSA) is 107 Å². The van der Waals surface area contributed by atoms with Gasteiger partial charge < -0.3 is 16.0 Å². The first-order chi connectivity index (χ1) is 16.4. The van der Waals surface area contributed by atoms with Crippen LogP contribution in [0.25, 0.3) is 6.08 Å². The highest BCUT2D eigenvalue weighted by Gasteiger charge is 2.18. The number of anilines is 2. The Bertz CT molecular complexity index is 1310. The molecular weight excluding hydrogens is 433 g/mol. The summed E-state index contributed by atoms with van der Waals surface area (Å²) in [6.45, 7) is 2.18. The van der Waals surface area contributed by atoms with Crippen LogP contribution in [0.2, 0.25) is 0 Å². The maximum absolute atomic E-state index is 13.2. The van der Waals surface area contributed by atoms with Gasteiger partial charge in [-0.3, -0.25) is 9.59 Å². The van der Waals surface area contributed by atoms with Gasteiger partial charge in [0.2, 0.25) is 5.91 Å². The van der Waals surface area contributed by atoms with E-state index in [0.717, 1.165) is 22.4 Å². The molecule has 1 aromatic heterocycles. The molecule has 0 bridgehead atoms. The number of halogens is 1. The van der Waals surface area contributed by atoms with Crippen LogP contribution in [0.4, 0.5) is 15.9 Å². The minimum Gasteiger partial charge on any atom is -0.366 e. The summed E-state index contributed by atoms with van der Waals surface area (Å²) in [6, 6.07) is 14.8. The van der Waals surface area contributed by atoms with Gasteiger partial charge in [0, 0.05) is 18.4 Å². The number of aromatic nitrogens is 1. The second kappa shape index (κ2) is 9.96. The first-order valence-electron chi connectivity index (χ1n) is 10.7. The predicted molar refractivity (Wildman–Crippen MR) is 128 cm³/mol. The lowest BCUT2D eigenvalue weighted by atomic mass is 10.1. The number of amides is 2. The normalized spacial score (nSPS) is 13.1. The van der Waals surface area contributed by atoms with Crippen molar-refractivity contribution < 1.29 is 14.0 Å². The standard InChI is InChI=1S/C26H22FN5O2/c1-16(19-6-8-21(27)9-7-19)31-26(34)22-11-18(14-28)15-30-25(22)29-10-2-3-17-4-5-20-13-24(33)32-23(20)12-17/h2-9,11-12,15-16H,10,13H2,1H3,(H,29,30)(H,31,34)(H,32,33)/t16-/m0/s1. The highest BCUT2D eigenvalue weighted by Crippen LogP contribution is 2.24. The fourth-order valence-electron chi connectivity index (χ4n) is 3.64. The van der Waals surface area contributed by atoms with Crippen molar-refractivity contribution in [3.05, 3.63) is 94.4 Å². The van der Waals surface area contributed by atoms with E-state index in [9.17, 15) is 19.2 Å². The summed E-state index contributed by atoms with van der Waals surface area (Å²) >= 11 is 0. The van der Waals surface area contributed by atoms with Crippen LogP contribution in [0.15, 0.2) is 60.8 Å².